The van der Waals surface area contributed by atoms with Crippen molar-refractivity contribution in [1.29, 1.82) is 0 Å². The van der Waals surface area contributed by atoms with E-state index in [0.29, 0.717) is 10.8 Å². The Morgan fingerprint density at radius 1 is 1.00 bits per heavy atom. The number of carbonyl (C=O) groups excluding carboxylic acids is 1. The van der Waals surface area contributed by atoms with Crippen molar-refractivity contribution in [3.05, 3.63) is 11.6 Å². The molecule has 0 unspecified atom stereocenters. The molecule has 0 spiro atoms. The molecule has 4 rings (SSSR count). The van der Waals surface area contributed by atoms with E-state index in [1.54, 1.807) is 5.57 Å². The van der Waals surface area contributed by atoms with E-state index in [1.807, 2.05) is 13.8 Å². The van der Waals surface area contributed by atoms with Gasteiger partial charge in [-0.25, -0.2) is 0 Å². The van der Waals surface area contributed by atoms with Gasteiger partial charge >= 0.3 is 5.97 Å². The largest absolute Gasteiger partial charge is 0.462 e. The van der Waals surface area contributed by atoms with E-state index in [2.05, 4.69) is 40.7 Å². The molecule has 0 heterocycles. The Morgan fingerprint density at radius 2 is 1.76 bits per heavy atom. The van der Waals surface area contributed by atoms with Gasteiger partial charge in [0.2, 0.25) is 0 Å². The Bertz CT molecular complexity index is 735. The van der Waals surface area contributed by atoms with Crippen LogP contribution >= 0.6 is 0 Å². The molecular weight excluding hydrogens is 404 g/mol. The summed E-state index contributed by atoms with van der Waals surface area (Å²) in [6, 6.07) is 0. The number of allylic oxidation sites excluding steroid dienone is 1. The Labute approximate surface area is 204 Å². The summed E-state index contributed by atoms with van der Waals surface area (Å²) in [5.41, 5.74) is 2.52. The fraction of sp³-hybridized carbons (Fsp3) is 0.903. The van der Waals surface area contributed by atoms with Gasteiger partial charge in [0.05, 0.1) is 5.92 Å². The molecular formula is C31H52O2. The second-order valence-electron chi connectivity index (χ2n) is 13.7. The Hall–Kier alpha value is -0.790. The molecule has 0 N–H and O–H groups in total. The maximum absolute atomic E-state index is 12.2. The van der Waals surface area contributed by atoms with Gasteiger partial charge in [-0.1, -0.05) is 79.4 Å². The third kappa shape index (κ3) is 4.71. The first-order valence-electron chi connectivity index (χ1n) is 14.5. The molecule has 3 saturated carbocycles. The van der Waals surface area contributed by atoms with Crippen LogP contribution in [-0.4, -0.2) is 12.1 Å². The molecule has 0 radical (unpaired) electrons. The first-order chi connectivity index (χ1) is 15.6. The van der Waals surface area contributed by atoms with Gasteiger partial charge in [-0.05, 0) is 91.3 Å². The van der Waals surface area contributed by atoms with Gasteiger partial charge in [0.15, 0.2) is 0 Å². The molecule has 0 amide bonds. The maximum atomic E-state index is 12.2. The van der Waals surface area contributed by atoms with Crippen LogP contribution in [0.2, 0.25) is 0 Å². The van der Waals surface area contributed by atoms with Crippen molar-refractivity contribution in [3.63, 3.8) is 0 Å². The fourth-order valence-corrected chi connectivity index (χ4v) is 9.05. The molecule has 2 nitrogen and oxygen atoms in total. The zero-order valence-corrected chi connectivity index (χ0v) is 22.8. The average Bonchev–Trinajstić information content (AvgIpc) is 3.11. The molecule has 0 aromatic carbocycles. The van der Waals surface area contributed by atoms with Crippen molar-refractivity contribution in [3.8, 4) is 0 Å². The van der Waals surface area contributed by atoms with Gasteiger partial charge in [0, 0.05) is 6.42 Å². The van der Waals surface area contributed by atoms with E-state index in [9.17, 15) is 4.79 Å². The first-order valence-corrected chi connectivity index (χ1v) is 14.5. The number of hydrogen-bond donors (Lipinski definition) is 0. The van der Waals surface area contributed by atoms with Crippen LogP contribution in [0.1, 0.15) is 119 Å². The molecule has 4 aliphatic rings. The monoisotopic (exact) mass is 456 g/mol. The average molecular weight is 457 g/mol. The highest BCUT2D eigenvalue weighted by molar-refractivity contribution is 5.71. The Kier molecular flexibility index (Phi) is 7.43. The Balaban J connectivity index is 1.45. The molecule has 188 valence electrons. The third-order valence-electron chi connectivity index (χ3n) is 11.0. The van der Waals surface area contributed by atoms with Gasteiger partial charge in [-0.3, -0.25) is 4.79 Å². The summed E-state index contributed by atoms with van der Waals surface area (Å²) in [7, 11) is 0. The molecule has 8 atom stereocenters. The van der Waals surface area contributed by atoms with Crippen LogP contribution in [0.25, 0.3) is 0 Å². The normalized spacial score (nSPS) is 41.2. The summed E-state index contributed by atoms with van der Waals surface area (Å²) < 4.78 is 5.88. The van der Waals surface area contributed by atoms with Crippen molar-refractivity contribution in [2.45, 2.75) is 125 Å². The highest BCUT2D eigenvalue weighted by Gasteiger charge is 2.59. The minimum absolute atomic E-state index is 0.0224. The lowest BCUT2D eigenvalue weighted by molar-refractivity contribution is -0.155. The predicted octanol–water partition coefficient (Wildman–Crippen LogP) is 8.60. The highest BCUT2D eigenvalue weighted by Crippen LogP contribution is 2.67. The zero-order chi connectivity index (χ0) is 24.0. The van der Waals surface area contributed by atoms with Crippen LogP contribution in [0.15, 0.2) is 11.6 Å². The van der Waals surface area contributed by atoms with Crippen molar-refractivity contribution < 1.29 is 9.53 Å². The van der Waals surface area contributed by atoms with Gasteiger partial charge in [-0.15, -0.1) is 0 Å². The van der Waals surface area contributed by atoms with Crippen LogP contribution in [0.5, 0.6) is 0 Å². The van der Waals surface area contributed by atoms with Crippen LogP contribution < -0.4 is 0 Å². The van der Waals surface area contributed by atoms with Crippen molar-refractivity contribution in [2.24, 2.45) is 52.3 Å². The van der Waals surface area contributed by atoms with Crippen molar-refractivity contribution in [2.75, 3.05) is 0 Å². The quantitative estimate of drug-likeness (QED) is 0.283. The molecule has 0 aromatic heterocycles. The van der Waals surface area contributed by atoms with E-state index in [-0.39, 0.29) is 18.0 Å². The van der Waals surface area contributed by atoms with E-state index in [1.165, 1.54) is 57.8 Å². The molecule has 0 aliphatic heterocycles. The number of ether oxygens (including phenoxy) is 1. The van der Waals surface area contributed by atoms with Gasteiger partial charge < -0.3 is 4.74 Å². The van der Waals surface area contributed by atoms with E-state index in [0.717, 1.165) is 48.3 Å². The summed E-state index contributed by atoms with van der Waals surface area (Å²) in [6.45, 7) is 16.5. The van der Waals surface area contributed by atoms with Crippen LogP contribution in [0.4, 0.5) is 0 Å². The summed E-state index contributed by atoms with van der Waals surface area (Å²) in [4.78, 5) is 12.2. The van der Waals surface area contributed by atoms with Crippen LogP contribution in [0.3, 0.4) is 0 Å². The number of hydrogen-bond acceptors (Lipinski definition) is 2. The molecule has 2 heteroatoms. The summed E-state index contributed by atoms with van der Waals surface area (Å²) in [5.74, 6) is 5.24. The van der Waals surface area contributed by atoms with Crippen LogP contribution in [0, 0.1) is 52.3 Å². The lowest BCUT2D eigenvalue weighted by atomic mass is 9.47. The number of fused-ring (bicyclic) bond motifs is 5. The van der Waals surface area contributed by atoms with Crippen molar-refractivity contribution >= 4 is 5.97 Å². The maximum Gasteiger partial charge on any atom is 0.308 e. The number of rotatable bonds is 7. The second-order valence-corrected chi connectivity index (χ2v) is 13.7. The fourth-order valence-electron chi connectivity index (χ4n) is 9.05. The lowest BCUT2D eigenvalue weighted by Gasteiger charge is -2.58. The SMILES string of the molecule is CC(C)CCC[C@H](C)[C@@H]1CC[C@@H]2[C@@H]3CC=C4C[C@H](OC(=O)C(C)C)CC[C@@]4(C)[C@@H]3CC[C@]21C. The molecule has 0 saturated heterocycles. The van der Waals surface area contributed by atoms with Gasteiger partial charge in [0.1, 0.15) is 6.10 Å². The minimum atomic E-state index is -0.0258. The summed E-state index contributed by atoms with van der Waals surface area (Å²) in [6.07, 6.45) is 17.2. The molecule has 33 heavy (non-hydrogen) atoms. The molecule has 0 bridgehead atoms. The van der Waals surface area contributed by atoms with E-state index >= 15 is 0 Å². The smallest absolute Gasteiger partial charge is 0.308 e. The molecule has 0 aromatic rings. The predicted molar refractivity (Wildman–Crippen MR) is 138 cm³/mol. The molecule has 4 aliphatic carbocycles. The third-order valence-corrected chi connectivity index (χ3v) is 11.0. The number of carbonyl (C=O) groups is 1. The summed E-state index contributed by atoms with van der Waals surface area (Å²) in [5, 5.41) is 0. The first kappa shape index (κ1) is 25.3. The standard InChI is InChI=1S/C31H52O2/c1-20(2)9-8-10-22(5)26-13-14-27-25-12-11-23-19-24(33-29(32)21(3)4)15-17-30(23,6)28(25)16-18-31(26,27)7/h11,20-22,24-28H,8-10,12-19H2,1-7H3/t22-,24+,25-,26-,27+,28+,30+,31-/m0/s1. The Morgan fingerprint density at radius 3 is 2.45 bits per heavy atom. The lowest BCUT2D eigenvalue weighted by Crippen LogP contribution is -2.51. The van der Waals surface area contributed by atoms with Crippen molar-refractivity contribution in [1.82, 2.24) is 0 Å². The second kappa shape index (κ2) is 9.69. The highest BCUT2D eigenvalue weighted by atomic mass is 16.5. The minimum Gasteiger partial charge on any atom is -0.462 e. The number of esters is 1. The van der Waals surface area contributed by atoms with E-state index in [4.69, 9.17) is 4.74 Å². The zero-order valence-electron chi connectivity index (χ0n) is 22.8. The molecule has 3 fully saturated rings. The van der Waals surface area contributed by atoms with Gasteiger partial charge in [-0.2, -0.15) is 0 Å². The van der Waals surface area contributed by atoms with E-state index < -0.39 is 0 Å². The summed E-state index contributed by atoms with van der Waals surface area (Å²) >= 11 is 0. The van der Waals surface area contributed by atoms with Gasteiger partial charge in [0.25, 0.3) is 0 Å². The topological polar surface area (TPSA) is 26.3 Å². The van der Waals surface area contributed by atoms with Crippen LogP contribution in [-0.2, 0) is 9.53 Å².